The molecule has 0 bridgehead atoms. The number of ether oxygens (including phenoxy) is 1. The van der Waals surface area contributed by atoms with Crippen LogP contribution in [0.1, 0.15) is 28.4 Å². The highest BCUT2D eigenvalue weighted by Crippen LogP contribution is 2.10. The van der Waals surface area contributed by atoms with E-state index in [4.69, 9.17) is 4.74 Å². The second-order valence-corrected chi connectivity index (χ2v) is 5.57. The van der Waals surface area contributed by atoms with E-state index in [1.807, 2.05) is 25.3 Å². The number of pyridine rings is 1. The Balaban J connectivity index is 2.21. The van der Waals surface area contributed by atoms with Gasteiger partial charge in [-0.3, -0.25) is 4.79 Å². The molecule has 2 rings (SSSR count). The number of esters is 1. The Morgan fingerprint density at radius 1 is 1.29 bits per heavy atom. The molecule has 21 heavy (non-hydrogen) atoms. The molecule has 0 aliphatic carbocycles. The van der Waals surface area contributed by atoms with Crippen molar-refractivity contribution in [3.05, 3.63) is 68.0 Å². The first kappa shape index (κ1) is 15.5. The Kier molecular flexibility index (Phi) is 4.96. The summed E-state index contributed by atoms with van der Waals surface area (Å²) in [5, 5.41) is 0. The Bertz CT molecular complexity index is 704. The van der Waals surface area contributed by atoms with Gasteiger partial charge in [0.25, 0.3) is 5.56 Å². The van der Waals surface area contributed by atoms with Gasteiger partial charge in [-0.2, -0.15) is 0 Å². The smallest absolute Gasteiger partial charge is 0.338 e. The van der Waals surface area contributed by atoms with Crippen LogP contribution in [0.15, 0.2) is 45.8 Å². The molecule has 2 aromatic rings. The molecule has 0 spiro atoms. The zero-order chi connectivity index (χ0) is 15.4. The standard InChI is InChI=1S/C16H16BrNO3/c1-3-21-16(20)13-6-4-12(5-7-13)10-18-9-11(2)8-14(17)15(18)19/h4-9H,3,10H2,1-2H3. The maximum absolute atomic E-state index is 12.0. The molecule has 0 N–H and O–H groups in total. The fourth-order valence-electron chi connectivity index (χ4n) is 2.02. The van der Waals surface area contributed by atoms with Crippen LogP contribution in [-0.4, -0.2) is 17.1 Å². The summed E-state index contributed by atoms with van der Waals surface area (Å²) in [7, 11) is 0. The number of benzene rings is 1. The SMILES string of the molecule is CCOC(=O)c1ccc(Cn2cc(C)cc(Br)c2=O)cc1. The van der Waals surface area contributed by atoms with Crippen molar-refractivity contribution in [1.29, 1.82) is 0 Å². The molecule has 0 atom stereocenters. The summed E-state index contributed by atoms with van der Waals surface area (Å²) in [6, 6.07) is 8.87. The van der Waals surface area contributed by atoms with Crippen molar-refractivity contribution in [3.63, 3.8) is 0 Å². The fraction of sp³-hybridized carbons (Fsp3) is 0.250. The number of aromatic nitrogens is 1. The van der Waals surface area contributed by atoms with E-state index < -0.39 is 0 Å². The molecule has 0 aliphatic heterocycles. The molecule has 1 aromatic heterocycles. The van der Waals surface area contributed by atoms with Crippen LogP contribution in [0, 0.1) is 6.92 Å². The number of halogens is 1. The molecule has 5 heteroatoms. The molecule has 4 nitrogen and oxygen atoms in total. The molecular weight excluding hydrogens is 334 g/mol. The number of carbonyl (C=O) groups is 1. The highest BCUT2D eigenvalue weighted by molar-refractivity contribution is 9.10. The van der Waals surface area contributed by atoms with E-state index in [-0.39, 0.29) is 11.5 Å². The first-order valence-corrected chi connectivity index (χ1v) is 7.43. The van der Waals surface area contributed by atoms with E-state index in [1.165, 1.54) is 0 Å². The first-order chi connectivity index (χ1) is 10.0. The highest BCUT2D eigenvalue weighted by Gasteiger charge is 2.07. The second kappa shape index (κ2) is 6.72. The zero-order valence-electron chi connectivity index (χ0n) is 11.9. The number of hydrogen-bond donors (Lipinski definition) is 0. The van der Waals surface area contributed by atoms with Gasteiger partial charge in [-0.1, -0.05) is 12.1 Å². The van der Waals surface area contributed by atoms with Crippen molar-refractivity contribution in [1.82, 2.24) is 4.57 Å². The molecule has 0 unspecified atom stereocenters. The molecular formula is C16H16BrNO3. The van der Waals surface area contributed by atoms with E-state index in [0.717, 1.165) is 11.1 Å². The average Bonchev–Trinajstić information content (AvgIpc) is 2.45. The average molecular weight is 350 g/mol. The summed E-state index contributed by atoms with van der Waals surface area (Å²) in [4.78, 5) is 23.6. The van der Waals surface area contributed by atoms with Crippen LogP contribution in [0.2, 0.25) is 0 Å². The molecule has 0 amide bonds. The Morgan fingerprint density at radius 3 is 2.57 bits per heavy atom. The van der Waals surface area contributed by atoms with Crippen molar-refractivity contribution >= 4 is 21.9 Å². The predicted molar refractivity (Wildman–Crippen MR) is 84.6 cm³/mol. The van der Waals surface area contributed by atoms with E-state index in [2.05, 4.69) is 15.9 Å². The summed E-state index contributed by atoms with van der Waals surface area (Å²) in [6.07, 6.45) is 1.81. The third-order valence-electron chi connectivity index (χ3n) is 3.00. The lowest BCUT2D eigenvalue weighted by Gasteiger charge is -2.08. The predicted octanol–water partition coefficient (Wildman–Crippen LogP) is 3.14. The first-order valence-electron chi connectivity index (χ1n) is 6.64. The van der Waals surface area contributed by atoms with E-state index in [0.29, 0.717) is 23.2 Å². The normalized spacial score (nSPS) is 10.4. The summed E-state index contributed by atoms with van der Waals surface area (Å²) in [5.41, 5.74) is 2.39. The Morgan fingerprint density at radius 2 is 1.95 bits per heavy atom. The van der Waals surface area contributed by atoms with Crippen molar-refractivity contribution in [2.75, 3.05) is 6.61 Å². The van der Waals surface area contributed by atoms with Gasteiger partial charge in [0.05, 0.1) is 23.2 Å². The van der Waals surface area contributed by atoms with E-state index in [9.17, 15) is 9.59 Å². The Hall–Kier alpha value is -1.88. The zero-order valence-corrected chi connectivity index (χ0v) is 13.5. The van der Waals surface area contributed by atoms with Crippen LogP contribution >= 0.6 is 15.9 Å². The third kappa shape index (κ3) is 3.82. The van der Waals surface area contributed by atoms with Gasteiger partial charge >= 0.3 is 5.97 Å². The van der Waals surface area contributed by atoms with Crippen LogP contribution in [0.5, 0.6) is 0 Å². The lowest BCUT2D eigenvalue weighted by Crippen LogP contribution is -2.21. The summed E-state index contributed by atoms with van der Waals surface area (Å²) < 4.78 is 7.12. The lowest BCUT2D eigenvalue weighted by atomic mass is 10.1. The maximum Gasteiger partial charge on any atom is 0.338 e. The highest BCUT2D eigenvalue weighted by atomic mass is 79.9. The van der Waals surface area contributed by atoms with Gasteiger partial charge in [0.15, 0.2) is 0 Å². The largest absolute Gasteiger partial charge is 0.462 e. The second-order valence-electron chi connectivity index (χ2n) is 4.72. The van der Waals surface area contributed by atoms with Crippen LogP contribution < -0.4 is 5.56 Å². The van der Waals surface area contributed by atoms with Gasteiger partial charge in [-0.15, -0.1) is 0 Å². The quantitative estimate of drug-likeness (QED) is 0.796. The molecule has 0 saturated carbocycles. The van der Waals surface area contributed by atoms with Crippen LogP contribution in [-0.2, 0) is 11.3 Å². The minimum Gasteiger partial charge on any atom is -0.462 e. The van der Waals surface area contributed by atoms with Gasteiger partial charge in [-0.05, 0) is 59.1 Å². The van der Waals surface area contributed by atoms with Crippen molar-refractivity contribution in [2.24, 2.45) is 0 Å². The van der Waals surface area contributed by atoms with Gasteiger partial charge < -0.3 is 9.30 Å². The van der Waals surface area contributed by atoms with Gasteiger partial charge in [0, 0.05) is 6.20 Å². The van der Waals surface area contributed by atoms with Gasteiger partial charge in [0.1, 0.15) is 0 Å². The lowest BCUT2D eigenvalue weighted by molar-refractivity contribution is 0.0526. The minimum absolute atomic E-state index is 0.0740. The van der Waals surface area contributed by atoms with Crippen LogP contribution in [0.4, 0.5) is 0 Å². The van der Waals surface area contributed by atoms with Crippen molar-refractivity contribution in [2.45, 2.75) is 20.4 Å². The van der Waals surface area contributed by atoms with Crippen LogP contribution in [0.25, 0.3) is 0 Å². The maximum atomic E-state index is 12.0. The molecule has 0 aliphatic rings. The number of aryl methyl sites for hydroxylation is 1. The molecule has 1 aromatic carbocycles. The van der Waals surface area contributed by atoms with Gasteiger partial charge in [0.2, 0.25) is 0 Å². The Labute approximate surface area is 131 Å². The summed E-state index contributed by atoms with van der Waals surface area (Å²) in [5.74, 6) is -0.334. The molecule has 0 fully saturated rings. The van der Waals surface area contributed by atoms with Gasteiger partial charge in [-0.25, -0.2) is 4.79 Å². The topological polar surface area (TPSA) is 48.3 Å². The summed E-state index contributed by atoms with van der Waals surface area (Å²) >= 11 is 3.26. The number of carbonyl (C=O) groups excluding carboxylic acids is 1. The molecule has 1 heterocycles. The number of rotatable bonds is 4. The molecule has 110 valence electrons. The third-order valence-corrected chi connectivity index (χ3v) is 3.57. The molecule has 0 radical (unpaired) electrons. The van der Waals surface area contributed by atoms with Crippen LogP contribution in [0.3, 0.4) is 0 Å². The van der Waals surface area contributed by atoms with E-state index in [1.54, 1.807) is 29.7 Å². The number of nitrogens with zero attached hydrogens (tertiary/aromatic N) is 1. The minimum atomic E-state index is -0.334. The van der Waals surface area contributed by atoms with Crippen molar-refractivity contribution < 1.29 is 9.53 Å². The number of hydrogen-bond acceptors (Lipinski definition) is 3. The monoisotopic (exact) mass is 349 g/mol. The fourth-order valence-corrected chi connectivity index (χ4v) is 2.60. The summed E-state index contributed by atoms with van der Waals surface area (Å²) in [6.45, 7) is 4.52. The van der Waals surface area contributed by atoms with Crippen molar-refractivity contribution in [3.8, 4) is 0 Å². The van der Waals surface area contributed by atoms with E-state index >= 15 is 0 Å². The molecule has 0 saturated heterocycles.